The number of nitrogens with one attached hydrogen (secondary N) is 1. The van der Waals surface area contributed by atoms with Crippen LogP contribution in [0, 0.1) is 0 Å². The first-order valence-electron chi connectivity index (χ1n) is 9.49. The summed E-state index contributed by atoms with van der Waals surface area (Å²) in [5, 5.41) is 3.50. The number of rotatable bonds is 3. The minimum atomic E-state index is 0. The van der Waals surface area contributed by atoms with Crippen LogP contribution in [0.15, 0.2) is 72.8 Å². The van der Waals surface area contributed by atoms with Crippen LogP contribution in [0.2, 0.25) is 0 Å². The average molecular weight is 388 g/mol. The Bertz CT molecular complexity index is 954. The zero-order valence-electron chi connectivity index (χ0n) is 17.5. The lowest BCUT2D eigenvalue weighted by molar-refractivity contribution is -0.116. The molecule has 0 aliphatic heterocycles. The van der Waals surface area contributed by atoms with E-state index in [1.807, 2.05) is 13.0 Å². The Kier molecular flexibility index (Phi) is 8.38. The van der Waals surface area contributed by atoms with Crippen molar-refractivity contribution in [2.75, 3.05) is 5.32 Å². The van der Waals surface area contributed by atoms with Crippen molar-refractivity contribution in [2.45, 2.75) is 39.5 Å². The van der Waals surface area contributed by atoms with Gasteiger partial charge in [0.05, 0.1) is 0 Å². The predicted molar refractivity (Wildman–Crippen MR) is 123 cm³/mol. The first kappa shape index (κ1) is 24.2. The van der Waals surface area contributed by atoms with Gasteiger partial charge in [0.25, 0.3) is 0 Å². The Morgan fingerprint density at radius 3 is 2.00 bits per heavy atom. The fraction of sp³-hybridized carbons (Fsp3) is 0.240. The van der Waals surface area contributed by atoms with Gasteiger partial charge in [-0.1, -0.05) is 69.3 Å². The maximum atomic E-state index is 9.81. The largest absolute Gasteiger partial charge is 0.356 e. The lowest BCUT2D eigenvalue weighted by atomic mass is 9.82. The second-order valence-corrected chi connectivity index (χ2v) is 7.48. The van der Waals surface area contributed by atoms with Gasteiger partial charge in [-0.25, -0.2) is 0 Å². The number of hydrogen-bond donors (Lipinski definition) is 1. The highest BCUT2D eigenvalue weighted by atomic mass is 19.0. The van der Waals surface area contributed by atoms with Crippen LogP contribution in [-0.2, 0) is 10.2 Å². The van der Waals surface area contributed by atoms with E-state index in [1.165, 1.54) is 22.3 Å². The van der Waals surface area contributed by atoms with Crippen molar-refractivity contribution in [3.05, 3.63) is 83.9 Å². The third-order valence-electron chi connectivity index (χ3n) is 5.14. The molecule has 4 heteroatoms. The van der Waals surface area contributed by atoms with Crippen molar-refractivity contribution in [1.82, 2.24) is 0 Å². The molecule has 149 valence electrons. The molecule has 2 nitrogen and oxygen atoms in total. The highest BCUT2D eigenvalue weighted by Crippen LogP contribution is 2.49. The molecule has 0 amide bonds. The summed E-state index contributed by atoms with van der Waals surface area (Å²) in [6.45, 7) is 8.05. The van der Waals surface area contributed by atoms with Crippen molar-refractivity contribution in [3.63, 3.8) is 0 Å². The van der Waals surface area contributed by atoms with Gasteiger partial charge in [0.15, 0.2) is 0 Å². The monoisotopic (exact) mass is 388 g/mol. The first-order valence-corrected chi connectivity index (χ1v) is 9.49. The fourth-order valence-corrected chi connectivity index (χ4v) is 3.47. The number of para-hydroxylation sites is 1. The number of halogens is 1. The molecule has 0 saturated carbocycles. The molecule has 0 bridgehead atoms. The second kappa shape index (κ2) is 10.1. The van der Waals surface area contributed by atoms with Crippen molar-refractivity contribution in [2.24, 2.45) is 0 Å². The van der Waals surface area contributed by atoms with Gasteiger partial charge in [-0.05, 0) is 53.4 Å². The first-order chi connectivity index (χ1) is 12.9. The zero-order chi connectivity index (χ0) is 19.4. The van der Waals surface area contributed by atoms with Crippen LogP contribution in [-0.4, -0.2) is 14.2 Å². The van der Waals surface area contributed by atoms with E-state index in [9.17, 15) is 4.79 Å². The number of hydrogen-bond acceptors (Lipinski definition) is 2. The van der Waals surface area contributed by atoms with Crippen LogP contribution in [0.5, 0.6) is 0 Å². The van der Waals surface area contributed by atoms with E-state index >= 15 is 0 Å². The topological polar surface area (TPSA) is 29.1 Å². The van der Waals surface area contributed by atoms with E-state index in [-0.39, 0.29) is 24.3 Å². The Morgan fingerprint density at radius 1 is 0.828 bits per heavy atom. The summed E-state index contributed by atoms with van der Waals surface area (Å²) in [6.07, 6.45) is 0.667. The number of anilines is 2. The van der Waals surface area contributed by atoms with Crippen LogP contribution in [0.1, 0.15) is 45.2 Å². The van der Waals surface area contributed by atoms with Crippen LogP contribution in [0.25, 0.3) is 11.1 Å². The SMILES string of the molecule is CC1(C)c2ccccc2-c2ccc(Nc3ccccc3)cc21.CCC(C)=O.F.[B]. The minimum Gasteiger partial charge on any atom is -0.356 e. The second-order valence-electron chi connectivity index (χ2n) is 7.48. The maximum absolute atomic E-state index is 9.81. The average Bonchev–Trinajstić information content (AvgIpc) is 2.91. The summed E-state index contributed by atoms with van der Waals surface area (Å²) in [5.41, 5.74) is 7.87. The molecule has 0 spiro atoms. The van der Waals surface area contributed by atoms with E-state index in [0.717, 1.165) is 11.4 Å². The van der Waals surface area contributed by atoms with Gasteiger partial charge in [-0.3, -0.25) is 4.70 Å². The lowest BCUT2D eigenvalue weighted by Gasteiger charge is -2.22. The van der Waals surface area contributed by atoms with E-state index in [2.05, 4.69) is 85.9 Å². The van der Waals surface area contributed by atoms with Gasteiger partial charge in [-0.15, -0.1) is 0 Å². The molecule has 0 atom stereocenters. The van der Waals surface area contributed by atoms with Gasteiger partial charge in [0.1, 0.15) is 5.78 Å². The molecule has 1 N–H and O–H groups in total. The van der Waals surface area contributed by atoms with Crippen molar-refractivity contribution >= 4 is 25.6 Å². The van der Waals surface area contributed by atoms with Gasteiger partial charge in [0, 0.05) is 31.6 Å². The van der Waals surface area contributed by atoms with Crippen LogP contribution < -0.4 is 5.32 Å². The normalized spacial score (nSPS) is 12.1. The smallest absolute Gasteiger partial charge is 0.129 e. The number of Topliss-reactive ketones (excluding diaryl/α,β-unsaturated/α-hetero) is 1. The number of benzene rings is 3. The molecule has 0 saturated heterocycles. The van der Waals surface area contributed by atoms with Gasteiger partial charge in [-0.2, -0.15) is 0 Å². The summed E-state index contributed by atoms with van der Waals surface area (Å²) >= 11 is 0. The zero-order valence-corrected chi connectivity index (χ0v) is 17.5. The third kappa shape index (κ3) is 5.14. The highest BCUT2D eigenvalue weighted by molar-refractivity contribution is 5.82. The minimum absolute atomic E-state index is 0. The summed E-state index contributed by atoms with van der Waals surface area (Å²) in [4.78, 5) is 9.81. The standard InChI is InChI=1S/C21H19N.C4H8O.B.FH/c1-21(2)19-11-7-6-10-17(19)18-13-12-16(14-20(18)21)22-15-8-4-3-5-9-15;1-3-4(2)5;;/h3-14,22H,1-2H3;3H2,1-2H3;;1H. The summed E-state index contributed by atoms with van der Waals surface area (Å²) in [5.74, 6) is 0.255. The van der Waals surface area contributed by atoms with Gasteiger partial charge < -0.3 is 10.1 Å². The maximum Gasteiger partial charge on any atom is 0.129 e. The molecule has 0 fully saturated rings. The van der Waals surface area contributed by atoms with Gasteiger partial charge >= 0.3 is 0 Å². The molecule has 3 aromatic carbocycles. The molecule has 1 aliphatic carbocycles. The lowest BCUT2D eigenvalue weighted by Crippen LogP contribution is -2.15. The Labute approximate surface area is 175 Å². The van der Waals surface area contributed by atoms with E-state index in [1.54, 1.807) is 6.92 Å². The molecule has 4 rings (SSSR count). The number of ketones is 1. The van der Waals surface area contributed by atoms with Crippen molar-refractivity contribution < 1.29 is 9.50 Å². The van der Waals surface area contributed by atoms with Crippen LogP contribution >= 0.6 is 0 Å². The predicted octanol–water partition coefficient (Wildman–Crippen LogP) is 6.49. The summed E-state index contributed by atoms with van der Waals surface area (Å²) in [6, 6.07) is 25.8. The van der Waals surface area contributed by atoms with Gasteiger partial charge in [0.2, 0.25) is 0 Å². The van der Waals surface area contributed by atoms with E-state index < -0.39 is 0 Å². The van der Waals surface area contributed by atoms with Crippen molar-refractivity contribution in [1.29, 1.82) is 0 Å². The van der Waals surface area contributed by atoms with Crippen LogP contribution in [0.4, 0.5) is 16.1 Å². The molecule has 3 aromatic rings. The Balaban J connectivity index is 0.000000542. The number of fused-ring (bicyclic) bond motifs is 3. The highest BCUT2D eigenvalue weighted by Gasteiger charge is 2.35. The molecular formula is C25H28BFNO. The molecule has 0 unspecified atom stereocenters. The number of carbonyl (C=O) groups is 1. The molecule has 3 radical (unpaired) electrons. The summed E-state index contributed by atoms with van der Waals surface area (Å²) in [7, 11) is 0. The van der Waals surface area contributed by atoms with Crippen LogP contribution in [0.3, 0.4) is 0 Å². The quantitative estimate of drug-likeness (QED) is 0.520. The molecule has 0 aromatic heterocycles. The molecule has 1 aliphatic rings. The fourth-order valence-electron chi connectivity index (χ4n) is 3.47. The Hall–Kier alpha value is -2.88. The van der Waals surface area contributed by atoms with E-state index in [4.69, 9.17) is 0 Å². The summed E-state index contributed by atoms with van der Waals surface area (Å²) < 4.78 is 0. The van der Waals surface area contributed by atoms with E-state index in [0.29, 0.717) is 6.42 Å². The Morgan fingerprint density at radius 2 is 1.38 bits per heavy atom. The third-order valence-corrected chi connectivity index (χ3v) is 5.14. The molecule has 29 heavy (non-hydrogen) atoms. The molecule has 0 heterocycles. The molecular weight excluding hydrogens is 360 g/mol. The van der Waals surface area contributed by atoms with Crippen molar-refractivity contribution in [3.8, 4) is 11.1 Å². The number of carbonyl (C=O) groups excluding carboxylic acids is 1.